The van der Waals surface area contributed by atoms with E-state index in [0.717, 1.165) is 12.2 Å². The summed E-state index contributed by atoms with van der Waals surface area (Å²) in [6.45, 7) is 9.13. The number of hydrogen-bond donors (Lipinski definition) is 0. The lowest BCUT2D eigenvalue weighted by Crippen LogP contribution is -2.24. The summed E-state index contributed by atoms with van der Waals surface area (Å²) in [7, 11) is 0. The first-order valence-corrected chi connectivity index (χ1v) is 10.9. The molecule has 0 atom stereocenters. The lowest BCUT2D eigenvalue weighted by Gasteiger charge is -2.19. The number of ether oxygens (including phenoxy) is 3. The highest BCUT2D eigenvalue weighted by molar-refractivity contribution is 5.69. The molecule has 0 bridgehead atoms. The number of aryl methyl sites for hydroxylation is 1. The molecule has 1 aromatic rings. The zero-order valence-electron chi connectivity index (χ0n) is 18.4. The Balaban J connectivity index is 2.05. The number of benzene rings is 1. The third-order valence-electron chi connectivity index (χ3n) is 4.36. The summed E-state index contributed by atoms with van der Waals surface area (Å²) in [5.74, 6) is 0.629. The van der Waals surface area contributed by atoms with Crippen LogP contribution in [0.4, 0.5) is 0 Å². The Labute approximate surface area is 172 Å². The average molecular weight is 393 g/mol. The van der Waals surface area contributed by atoms with Crippen molar-refractivity contribution < 1.29 is 19.0 Å². The summed E-state index contributed by atoms with van der Waals surface area (Å²) in [5, 5.41) is 0. The minimum absolute atomic E-state index is 0.232. The van der Waals surface area contributed by atoms with Gasteiger partial charge in [-0.2, -0.15) is 0 Å². The molecule has 0 amide bonds. The highest BCUT2D eigenvalue weighted by Gasteiger charge is 2.15. The maximum atomic E-state index is 11.6. The molecule has 0 aliphatic heterocycles. The molecule has 0 aliphatic carbocycles. The van der Waals surface area contributed by atoms with E-state index in [-0.39, 0.29) is 12.4 Å². The van der Waals surface area contributed by atoms with E-state index >= 15 is 0 Å². The van der Waals surface area contributed by atoms with Gasteiger partial charge in [-0.05, 0) is 51.3 Å². The molecule has 4 nitrogen and oxygen atoms in total. The van der Waals surface area contributed by atoms with E-state index in [9.17, 15) is 4.79 Å². The number of unbranched alkanes of at least 4 members (excludes halogenated alkanes) is 6. The molecule has 0 spiro atoms. The first-order valence-electron chi connectivity index (χ1n) is 10.9. The highest BCUT2D eigenvalue weighted by atomic mass is 16.6. The first-order chi connectivity index (χ1) is 13.4. The highest BCUT2D eigenvalue weighted by Crippen LogP contribution is 2.15. The molecule has 0 saturated carbocycles. The Morgan fingerprint density at radius 2 is 1.50 bits per heavy atom. The first kappa shape index (κ1) is 24.5. The smallest absolute Gasteiger partial charge is 0.308 e. The number of esters is 1. The fourth-order valence-electron chi connectivity index (χ4n) is 2.91. The van der Waals surface area contributed by atoms with E-state index < -0.39 is 5.60 Å². The van der Waals surface area contributed by atoms with Crippen LogP contribution in [-0.4, -0.2) is 31.4 Å². The number of carbonyl (C=O) groups is 1. The van der Waals surface area contributed by atoms with Crippen LogP contribution in [0.25, 0.3) is 0 Å². The van der Waals surface area contributed by atoms with Crippen molar-refractivity contribution in [3.63, 3.8) is 0 Å². The third kappa shape index (κ3) is 13.6. The minimum atomic E-state index is -0.443. The van der Waals surface area contributed by atoms with Crippen LogP contribution in [0.5, 0.6) is 5.75 Å². The number of hydrogen-bond acceptors (Lipinski definition) is 4. The molecule has 0 aromatic heterocycles. The zero-order valence-corrected chi connectivity index (χ0v) is 18.4. The van der Waals surface area contributed by atoms with E-state index in [1.54, 1.807) is 0 Å². The summed E-state index contributed by atoms with van der Waals surface area (Å²) in [4.78, 5) is 11.6. The SMILES string of the molecule is CCCCCCCCCc1ccc(OCCOCCC(=O)OC(C)(C)C)cc1. The van der Waals surface area contributed by atoms with Crippen molar-refractivity contribution in [2.45, 2.75) is 91.1 Å². The second-order valence-corrected chi connectivity index (χ2v) is 8.31. The molecule has 0 N–H and O–H groups in total. The van der Waals surface area contributed by atoms with Gasteiger partial charge in [-0.3, -0.25) is 4.79 Å². The van der Waals surface area contributed by atoms with Gasteiger partial charge in [0.2, 0.25) is 0 Å². The molecule has 0 radical (unpaired) electrons. The predicted octanol–water partition coefficient (Wildman–Crippen LogP) is 6.11. The number of carbonyl (C=O) groups excluding carboxylic acids is 1. The predicted molar refractivity (Wildman–Crippen MR) is 115 cm³/mol. The lowest BCUT2D eigenvalue weighted by molar-refractivity contribution is -0.156. The molecule has 1 rings (SSSR count). The maximum Gasteiger partial charge on any atom is 0.308 e. The van der Waals surface area contributed by atoms with E-state index in [1.165, 1.54) is 50.5 Å². The normalized spacial score (nSPS) is 11.4. The van der Waals surface area contributed by atoms with Gasteiger partial charge in [-0.15, -0.1) is 0 Å². The Kier molecular flexibility index (Phi) is 12.6. The Bertz CT molecular complexity index is 516. The molecule has 28 heavy (non-hydrogen) atoms. The molecular weight excluding hydrogens is 352 g/mol. The van der Waals surface area contributed by atoms with Crippen LogP contribution in [0, 0.1) is 0 Å². The van der Waals surface area contributed by atoms with Gasteiger partial charge in [0.1, 0.15) is 18.0 Å². The van der Waals surface area contributed by atoms with E-state index in [2.05, 4.69) is 19.1 Å². The van der Waals surface area contributed by atoms with Crippen molar-refractivity contribution in [2.24, 2.45) is 0 Å². The molecule has 4 heteroatoms. The van der Waals surface area contributed by atoms with Gasteiger partial charge < -0.3 is 14.2 Å². The van der Waals surface area contributed by atoms with E-state index in [0.29, 0.717) is 19.8 Å². The molecule has 0 saturated heterocycles. The minimum Gasteiger partial charge on any atom is -0.491 e. The van der Waals surface area contributed by atoms with E-state index in [1.807, 2.05) is 32.9 Å². The van der Waals surface area contributed by atoms with Crippen LogP contribution >= 0.6 is 0 Å². The largest absolute Gasteiger partial charge is 0.491 e. The average Bonchev–Trinajstić information content (AvgIpc) is 2.63. The van der Waals surface area contributed by atoms with Gasteiger partial charge >= 0.3 is 5.97 Å². The van der Waals surface area contributed by atoms with E-state index in [4.69, 9.17) is 14.2 Å². The van der Waals surface area contributed by atoms with Gasteiger partial charge in [0, 0.05) is 0 Å². The summed E-state index contributed by atoms with van der Waals surface area (Å²) in [5.41, 5.74) is 0.926. The zero-order chi connectivity index (χ0) is 20.7. The van der Waals surface area contributed by atoms with Gasteiger partial charge in [-0.1, -0.05) is 57.6 Å². The topological polar surface area (TPSA) is 44.8 Å². The fraction of sp³-hybridized carbons (Fsp3) is 0.708. The molecule has 0 unspecified atom stereocenters. The molecule has 1 aromatic carbocycles. The fourth-order valence-corrected chi connectivity index (χ4v) is 2.91. The molecule has 0 aliphatic rings. The van der Waals surface area contributed by atoms with Gasteiger partial charge in [0.15, 0.2) is 0 Å². The van der Waals surface area contributed by atoms with Gasteiger partial charge in [0.05, 0.1) is 19.6 Å². The van der Waals surface area contributed by atoms with Gasteiger partial charge in [0.25, 0.3) is 0 Å². The Hall–Kier alpha value is -1.55. The molecule has 0 fully saturated rings. The number of rotatable bonds is 15. The van der Waals surface area contributed by atoms with Crippen molar-refractivity contribution in [3.8, 4) is 5.75 Å². The third-order valence-corrected chi connectivity index (χ3v) is 4.36. The van der Waals surface area contributed by atoms with Crippen molar-refractivity contribution in [1.82, 2.24) is 0 Å². The summed E-state index contributed by atoms with van der Waals surface area (Å²) in [6, 6.07) is 8.35. The summed E-state index contributed by atoms with van der Waals surface area (Å²) >= 11 is 0. The summed E-state index contributed by atoms with van der Waals surface area (Å²) < 4.78 is 16.4. The Morgan fingerprint density at radius 3 is 2.14 bits per heavy atom. The lowest BCUT2D eigenvalue weighted by atomic mass is 10.0. The van der Waals surface area contributed by atoms with Crippen LogP contribution < -0.4 is 4.74 Å². The monoisotopic (exact) mass is 392 g/mol. The van der Waals surface area contributed by atoms with Crippen molar-refractivity contribution in [2.75, 3.05) is 19.8 Å². The quantitative estimate of drug-likeness (QED) is 0.267. The van der Waals surface area contributed by atoms with Crippen LogP contribution in [0.3, 0.4) is 0 Å². The standard InChI is InChI=1S/C24H40O4/c1-5-6-7-8-9-10-11-12-21-13-15-22(16-14-21)27-20-19-26-18-17-23(25)28-24(2,3)4/h13-16H,5-12,17-20H2,1-4H3. The van der Waals surface area contributed by atoms with Gasteiger partial charge in [-0.25, -0.2) is 0 Å². The van der Waals surface area contributed by atoms with Crippen LogP contribution in [0.2, 0.25) is 0 Å². The second-order valence-electron chi connectivity index (χ2n) is 8.31. The molecular formula is C24H40O4. The second kappa shape index (κ2) is 14.4. The van der Waals surface area contributed by atoms with Crippen LogP contribution in [-0.2, 0) is 20.7 Å². The molecule has 0 heterocycles. The molecule has 160 valence electrons. The van der Waals surface area contributed by atoms with Crippen molar-refractivity contribution in [1.29, 1.82) is 0 Å². The van der Waals surface area contributed by atoms with Crippen molar-refractivity contribution >= 4 is 5.97 Å². The van der Waals surface area contributed by atoms with Crippen LogP contribution in [0.1, 0.15) is 84.6 Å². The summed E-state index contributed by atoms with van der Waals surface area (Å²) in [6.07, 6.45) is 10.8. The van der Waals surface area contributed by atoms with Crippen LogP contribution in [0.15, 0.2) is 24.3 Å². The maximum absolute atomic E-state index is 11.6. The van der Waals surface area contributed by atoms with Crippen molar-refractivity contribution in [3.05, 3.63) is 29.8 Å². The Morgan fingerprint density at radius 1 is 0.857 bits per heavy atom.